The van der Waals surface area contributed by atoms with Gasteiger partial charge in [-0.15, -0.1) is 0 Å². The van der Waals surface area contributed by atoms with Gasteiger partial charge in [0.05, 0.1) is 18.6 Å². The Morgan fingerprint density at radius 2 is 1.76 bits per heavy atom. The van der Waals surface area contributed by atoms with E-state index >= 15 is 0 Å². The zero-order valence-electron chi connectivity index (χ0n) is 18.1. The van der Waals surface area contributed by atoms with Crippen LogP contribution in [0.2, 0.25) is 0 Å². The fourth-order valence-corrected chi connectivity index (χ4v) is 4.28. The molecule has 172 valence electrons. The second-order valence-electron chi connectivity index (χ2n) is 7.93. The van der Waals surface area contributed by atoms with E-state index in [1.165, 1.54) is 30.5 Å². The highest BCUT2D eigenvalue weighted by Crippen LogP contribution is 2.46. The van der Waals surface area contributed by atoms with Crippen molar-refractivity contribution < 1.29 is 34.0 Å². The van der Waals surface area contributed by atoms with Crippen molar-refractivity contribution in [3.8, 4) is 39.9 Å². The topological polar surface area (TPSA) is 126 Å². The average Bonchev–Trinajstić information content (AvgIpc) is 2.80. The summed E-state index contributed by atoms with van der Waals surface area (Å²) in [7, 11) is 0. The van der Waals surface area contributed by atoms with E-state index in [0.717, 1.165) is 0 Å². The van der Waals surface area contributed by atoms with Gasteiger partial charge in [0.25, 0.3) is 0 Å². The summed E-state index contributed by atoms with van der Waals surface area (Å²) in [6.07, 6.45) is 1.25. The predicted octanol–water partition coefficient (Wildman–Crippen LogP) is 4.42. The SMILES string of the molecule is CCOc1cc(C2CC(=O)Oc3cc(O)c4c(=O)c(-c5ccc(O)cc5)coc4c32)ccc1O. The molecule has 3 aromatic carbocycles. The van der Waals surface area contributed by atoms with Gasteiger partial charge in [-0.3, -0.25) is 9.59 Å². The third kappa shape index (κ3) is 3.49. The summed E-state index contributed by atoms with van der Waals surface area (Å²) in [5.74, 6) is -1.08. The molecule has 0 saturated carbocycles. The van der Waals surface area contributed by atoms with Gasteiger partial charge in [-0.1, -0.05) is 18.2 Å². The van der Waals surface area contributed by atoms with E-state index < -0.39 is 17.3 Å². The van der Waals surface area contributed by atoms with Crippen molar-refractivity contribution in [2.24, 2.45) is 0 Å². The maximum absolute atomic E-state index is 13.4. The number of ether oxygens (including phenoxy) is 2. The Kier molecular flexibility index (Phi) is 5.13. The van der Waals surface area contributed by atoms with E-state index in [1.54, 1.807) is 31.2 Å². The highest BCUT2D eigenvalue weighted by atomic mass is 16.5. The molecule has 8 nitrogen and oxygen atoms in total. The lowest BCUT2D eigenvalue weighted by atomic mass is 9.84. The molecule has 0 spiro atoms. The molecule has 1 aliphatic heterocycles. The fourth-order valence-electron chi connectivity index (χ4n) is 4.28. The first-order valence-electron chi connectivity index (χ1n) is 10.6. The predicted molar refractivity (Wildman–Crippen MR) is 123 cm³/mol. The number of hydrogen-bond donors (Lipinski definition) is 3. The molecule has 0 aliphatic carbocycles. The number of rotatable bonds is 4. The van der Waals surface area contributed by atoms with Crippen LogP contribution in [-0.4, -0.2) is 27.9 Å². The Morgan fingerprint density at radius 3 is 2.50 bits per heavy atom. The lowest BCUT2D eigenvalue weighted by Gasteiger charge is -2.26. The number of esters is 1. The van der Waals surface area contributed by atoms with Crippen molar-refractivity contribution in [1.82, 2.24) is 0 Å². The Bertz CT molecular complexity index is 1480. The van der Waals surface area contributed by atoms with Gasteiger partial charge >= 0.3 is 5.97 Å². The minimum Gasteiger partial charge on any atom is -0.508 e. The molecule has 8 heteroatoms. The summed E-state index contributed by atoms with van der Waals surface area (Å²) in [6.45, 7) is 2.13. The van der Waals surface area contributed by atoms with Crippen LogP contribution in [0.3, 0.4) is 0 Å². The molecule has 2 heterocycles. The molecule has 34 heavy (non-hydrogen) atoms. The number of benzene rings is 3. The molecule has 1 aliphatic rings. The number of aromatic hydroxyl groups is 3. The number of hydrogen-bond acceptors (Lipinski definition) is 8. The summed E-state index contributed by atoms with van der Waals surface area (Å²) >= 11 is 0. The van der Waals surface area contributed by atoms with Crippen LogP contribution in [0.1, 0.15) is 30.4 Å². The monoisotopic (exact) mass is 460 g/mol. The lowest BCUT2D eigenvalue weighted by molar-refractivity contribution is -0.135. The Hall–Kier alpha value is -4.46. The van der Waals surface area contributed by atoms with Crippen molar-refractivity contribution in [3.63, 3.8) is 0 Å². The van der Waals surface area contributed by atoms with Gasteiger partial charge in [-0.25, -0.2) is 0 Å². The number of phenolic OH excluding ortho intramolecular Hbond substituents is 3. The number of phenols is 3. The minimum atomic E-state index is -0.568. The quantitative estimate of drug-likeness (QED) is 0.302. The van der Waals surface area contributed by atoms with Gasteiger partial charge < -0.3 is 29.2 Å². The number of fused-ring (bicyclic) bond motifs is 3. The molecular formula is C26H20O8. The number of carbonyl (C=O) groups is 1. The van der Waals surface area contributed by atoms with Crippen LogP contribution < -0.4 is 14.9 Å². The second kappa shape index (κ2) is 8.15. The summed E-state index contributed by atoms with van der Waals surface area (Å²) in [5, 5.41) is 30.3. The zero-order chi connectivity index (χ0) is 24.0. The first kappa shape index (κ1) is 21.4. The van der Waals surface area contributed by atoms with E-state index in [9.17, 15) is 24.9 Å². The molecule has 0 bridgehead atoms. The van der Waals surface area contributed by atoms with Crippen molar-refractivity contribution >= 4 is 16.9 Å². The standard InChI is InChI=1S/C26H20O8/c1-2-32-20-9-14(5-8-18(20)28)16-10-22(30)34-21-11-19(29)24-25(31)17(12-33-26(24)23(16)21)13-3-6-15(27)7-4-13/h3-9,11-12,16,27-29H,2,10H2,1H3. The van der Waals surface area contributed by atoms with Crippen molar-refractivity contribution in [2.45, 2.75) is 19.3 Å². The molecule has 4 aromatic rings. The van der Waals surface area contributed by atoms with Crippen molar-refractivity contribution in [1.29, 1.82) is 0 Å². The maximum atomic E-state index is 13.4. The second-order valence-corrected chi connectivity index (χ2v) is 7.93. The van der Waals surface area contributed by atoms with Gasteiger partial charge in [-0.2, -0.15) is 0 Å². The normalized spacial score (nSPS) is 15.1. The Morgan fingerprint density at radius 1 is 1.00 bits per heavy atom. The molecule has 0 saturated heterocycles. The van der Waals surface area contributed by atoms with Crippen LogP contribution in [0.4, 0.5) is 0 Å². The summed E-state index contributed by atoms with van der Waals surface area (Å²) < 4.78 is 16.7. The van der Waals surface area contributed by atoms with Crippen molar-refractivity contribution in [2.75, 3.05) is 6.61 Å². The third-order valence-corrected chi connectivity index (χ3v) is 5.83. The van der Waals surface area contributed by atoms with Gasteiger partial charge in [0.15, 0.2) is 11.5 Å². The van der Waals surface area contributed by atoms with Crippen molar-refractivity contribution in [3.05, 3.63) is 76.1 Å². The van der Waals surface area contributed by atoms with Crippen LogP contribution in [0.5, 0.6) is 28.7 Å². The van der Waals surface area contributed by atoms with E-state index in [2.05, 4.69) is 0 Å². The molecular weight excluding hydrogens is 440 g/mol. The first-order valence-corrected chi connectivity index (χ1v) is 10.6. The Labute approximate surface area is 193 Å². The molecule has 1 atom stereocenters. The molecule has 1 aromatic heterocycles. The Balaban J connectivity index is 1.74. The van der Waals surface area contributed by atoms with E-state index in [0.29, 0.717) is 23.3 Å². The van der Waals surface area contributed by atoms with Crippen LogP contribution in [0.25, 0.3) is 22.1 Å². The summed E-state index contributed by atoms with van der Waals surface area (Å²) in [4.78, 5) is 25.7. The van der Waals surface area contributed by atoms with E-state index in [1.807, 2.05) is 0 Å². The van der Waals surface area contributed by atoms with Gasteiger partial charge in [0.1, 0.15) is 34.5 Å². The highest BCUT2D eigenvalue weighted by Gasteiger charge is 2.34. The molecule has 5 rings (SSSR count). The molecule has 1 unspecified atom stereocenters. The van der Waals surface area contributed by atoms with Crippen LogP contribution in [-0.2, 0) is 4.79 Å². The maximum Gasteiger partial charge on any atom is 0.312 e. The van der Waals surface area contributed by atoms with Crippen LogP contribution >= 0.6 is 0 Å². The summed E-state index contributed by atoms with van der Waals surface area (Å²) in [6, 6.07) is 12.0. The minimum absolute atomic E-state index is 0.0351. The van der Waals surface area contributed by atoms with Gasteiger partial charge in [-0.05, 0) is 42.3 Å². The van der Waals surface area contributed by atoms with E-state index in [4.69, 9.17) is 13.9 Å². The largest absolute Gasteiger partial charge is 0.508 e. The molecule has 0 radical (unpaired) electrons. The molecule has 3 N–H and O–H groups in total. The first-order chi connectivity index (χ1) is 16.4. The molecule has 0 fully saturated rings. The van der Waals surface area contributed by atoms with Gasteiger partial charge in [0, 0.05) is 17.5 Å². The smallest absolute Gasteiger partial charge is 0.312 e. The van der Waals surface area contributed by atoms with Gasteiger partial charge in [0.2, 0.25) is 5.43 Å². The lowest BCUT2D eigenvalue weighted by Crippen LogP contribution is -2.22. The zero-order valence-corrected chi connectivity index (χ0v) is 18.1. The van der Waals surface area contributed by atoms with E-state index in [-0.39, 0.29) is 51.7 Å². The fraction of sp³-hybridized carbons (Fsp3) is 0.154. The highest BCUT2D eigenvalue weighted by molar-refractivity contribution is 5.94. The molecule has 0 amide bonds. The third-order valence-electron chi connectivity index (χ3n) is 5.83. The van der Waals surface area contributed by atoms with Crippen LogP contribution in [0.15, 0.2) is 64.0 Å². The average molecular weight is 460 g/mol. The van der Waals surface area contributed by atoms with Crippen LogP contribution in [0, 0.1) is 0 Å². The number of carbonyl (C=O) groups excluding carboxylic acids is 1. The summed E-state index contributed by atoms with van der Waals surface area (Å²) in [5.41, 5.74) is 1.43.